The molecule has 6 heteroatoms. The topological polar surface area (TPSA) is 70.1 Å². The van der Waals surface area contributed by atoms with Crippen LogP contribution in [0, 0.1) is 6.92 Å². The molecule has 1 fully saturated rings. The number of Topliss-reactive ketones (excluding diaryl/α,β-unsaturated/α-hetero) is 1. The Morgan fingerprint density at radius 1 is 1.10 bits per heavy atom. The lowest BCUT2D eigenvalue weighted by atomic mass is 9.94. The Kier molecular flexibility index (Phi) is 7.13. The molecule has 1 aliphatic heterocycles. The van der Waals surface area contributed by atoms with Gasteiger partial charge in [0.2, 0.25) is 0 Å². The molecule has 0 aliphatic carbocycles. The van der Waals surface area contributed by atoms with Crippen LogP contribution in [0.15, 0.2) is 54.1 Å². The summed E-state index contributed by atoms with van der Waals surface area (Å²) in [5.41, 5.74) is 2.21. The van der Waals surface area contributed by atoms with Gasteiger partial charge in [-0.3, -0.25) is 9.59 Å². The molecule has 2 aromatic carbocycles. The normalized spacial score (nSPS) is 18.1. The van der Waals surface area contributed by atoms with Crippen molar-refractivity contribution in [3.05, 3.63) is 70.8 Å². The van der Waals surface area contributed by atoms with Crippen LogP contribution >= 0.6 is 0 Å². The fourth-order valence-corrected chi connectivity index (χ4v) is 4.06. The Balaban J connectivity index is 2.10. The number of likely N-dealkylation sites (N-methyl/N-ethyl adjacent to an activating group) is 1. The Hall–Kier alpha value is -3.12. The van der Waals surface area contributed by atoms with Gasteiger partial charge < -0.3 is 19.6 Å². The molecule has 0 spiro atoms. The van der Waals surface area contributed by atoms with Crippen molar-refractivity contribution in [1.29, 1.82) is 0 Å². The highest BCUT2D eigenvalue weighted by atomic mass is 16.5. The highest BCUT2D eigenvalue weighted by Gasteiger charge is 2.46. The molecular weight excluding hydrogens is 392 g/mol. The smallest absolute Gasteiger partial charge is 0.295 e. The highest BCUT2D eigenvalue weighted by Crippen LogP contribution is 2.39. The molecule has 0 unspecified atom stereocenters. The first-order chi connectivity index (χ1) is 14.9. The third kappa shape index (κ3) is 4.49. The summed E-state index contributed by atoms with van der Waals surface area (Å²) in [6.45, 7) is 8.77. The number of aryl methyl sites for hydroxylation is 1. The number of likely N-dealkylation sites (tertiary alicyclic amines) is 1. The first-order valence-electron chi connectivity index (χ1n) is 10.6. The van der Waals surface area contributed by atoms with E-state index in [1.807, 2.05) is 37.3 Å². The Bertz CT molecular complexity index is 980. The van der Waals surface area contributed by atoms with Crippen LogP contribution < -0.4 is 4.74 Å². The summed E-state index contributed by atoms with van der Waals surface area (Å²) in [5, 5.41) is 11.2. The van der Waals surface area contributed by atoms with Gasteiger partial charge in [-0.1, -0.05) is 44.2 Å². The zero-order valence-electron chi connectivity index (χ0n) is 18.6. The lowest BCUT2D eigenvalue weighted by molar-refractivity contribution is -0.140. The highest BCUT2D eigenvalue weighted by molar-refractivity contribution is 6.46. The molecule has 1 amide bonds. The number of hydrogen-bond acceptors (Lipinski definition) is 5. The average molecular weight is 423 g/mol. The fraction of sp³-hybridized carbons (Fsp3) is 0.360. The van der Waals surface area contributed by atoms with Crippen molar-refractivity contribution in [3.8, 4) is 5.75 Å². The van der Waals surface area contributed by atoms with E-state index in [1.54, 1.807) is 30.2 Å². The molecule has 0 bridgehead atoms. The fourth-order valence-electron chi connectivity index (χ4n) is 4.06. The number of rotatable bonds is 8. The van der Waals surface area contributed by atoms with E-state index in [0.717, 1.165) is 24.2 Å². The van der Waals surface area contributed by atoms with Crippen molar-refractivity contribution >= 4 is 17.4 Å². The van der Waals surface area contributed by atoms with Crippen LogP contribution in [0.3, 0.4) is 0 Å². The van der Waals surface area contributed by atoms with Gasteiger partial charge in [0.1, 0.15) is 11.5 Å². The number of aliphatic hydroxyl groups is 1. The van der Waals surface area contributed by atoms with Crippen LogP contribution in [0.25, 0.3) is 5.76 Å². The maximum Gasteiger partial charge on any atom is 0.295 e. The zero-order chi connectivity index (χ0) is 22.5. The molecule has 1 atom stereocenters. The van der Waals surface area contributed by atoms with Crippen LogP contribution in [0.5, 0.6) is 5.75 Å². The molecule has 31 heavy (non-hydrogen) atoms. The van der Waals surface area contributed by atoms with Gasteiger partial charge in [-0.15, -0.1) is 0 Å². The quantitative estimate of drug-likeness (QED) is 0.398. The summed E-state index contributed by atoms with van der Waals surface area (Å²) in [7, 11) is 1.57. The van der Waals surface area contributed by atoms with Gasteiger partial charge in [0.05, 0.1) is 18.7 Å². The Labute approximate surface area is 183 Å². The van der Waals surface area contributed by atoms with E-state index in [0.29, 0.717) is 24.4 Å². The molecule has 3 rings (SSSR count). The van der Waals surface area contributed by atoms with E-state index in [2.05, 4.69) is 18.7 Å². The molecule has 6 nitrogen and oxygen atoms in total. The van der Waals surface area contributed by atoms with E-state index in [4.69, 9.17) is 4.74 Å². The second-order valence-corrected chi connectivity index (χ2v) is 7.61. The van der Waals surface area contributed by atoms with Crippen LogP contribution in [-0.2, 0) is 9.59 Å². The SMILES string of the molecule is CCN(CC)CCN1C(=O)C(=O)/C(=C(/O)c2ccc(OC)cc2C)[C@H]1c1ccccc1. The van der Waals surface area contributed by atoms with Crippen molar-refractivity contribution in [2.24, 2.45) is 0 Å². The van der Waals surface area contributed by atoms with E-state index in [1.165, 1.54) is 0 Å². The van der Waals surface area contributed by atoms with E-state index in [9.17, 15) is 14.7 Å². The number of ketones is 1. The van der Waals surface area contributed by atoms with Crippen LogP contribution in [0.1, 0.15) is 36.6 Å². The van der Waals surface area contributed by atoms with Gasteiger partial charge in [-0.2, -0.15) is 0 Å². The number of aliphatic hydroxyl groups excluding tert-OH is 1. The third-order valence-corrected chi connectivity index (χ3v) is 5.90. The van der Waals surface area contributed by atoms with Gasteiger partial charge in [0.25, 0.3) is 11.7 Å². The zero-order valence-corrected chi connectivity index (χ0v) is 18.6. The number of nitrogens with zero attached hydrogens (tertiary/aromatic N) is 2. The molecule has 0 saturated carbocycles. The molecule has 1 heterocycles. The van der Waals surface area contributed by atoms with E-state index >= 15 is 0 Å². The molecule has 0 aromatic heterocycles. The van der Waals surface area contributed by atoms with E-state index < -0.39 is 17.7 Å². The van der Waals surface area contributed by atoms with Crippen molar-refractivity contribution in [2.75, 3.05) is 33.3 Å². The first kappa shape index (κ1) is 22.6. The number of carbonyl (C=O) groups excluding carboxylic acids is 2. The number of carbonyl (C=O) groups is 2. The van der Waals surface area contributed by atoms with Crippen LogP contribution in [-0.4, -0.2) is 59.9 Å². The summed E-state index contributed by atoms with van der Waals surface area (Å²) in [6, 6.07) is 14.0. The van der Waals surface area contributed by atoms with Gasteiger partial charge in [-0.25, -0.2) is 0 Å². The van der Waals surface area contributed by atoms with Crippen molar-refractivity contribution in [1.82, 2.24) is 9.80 Å². The predicted octanol–water partition coefficient (Wildman–Crippen LogP) is 3.77. The van der Waals surface area contributed by atoms with Crippen molar-refractivity contribution in [2.45, 2.75) is 26.8 Å². The third-order valence-electron chi connectivity index (χ3n) is 5.90. The summed E-state index contributed by atoms with van der Waals surface area (Å²) < 4.78 is 5.24. The maximum atomic E-state index is 13.1. The number of benzene rings is 2. The maximum absolute atomic E-state index is 13.1. The summed E-state index contributed by atoms with van der Waals surface area (Å²) >= 11 is 0. The second kappa shape index (κ2) is 9.79. The number of methoxy groups -OCH3 is 1. The van der Waals surface area contributed by atoms with Gasteiger partial charge in [-0.05, 0) is 49.3 Å². The van der Waals surface area contributed by atoms with Crippen LogP contribution in [0.2, 0.25) is 0 Å². The van der Waals surface area contributed by atoms with Gasteiger partial charge in [0.15, 0.2) is 0 Å². The lowest BCUT2D eigenvalue weighted by Crippen LogP contribution is -2.38. The Morgan fingerprint density at radius 2 is 1.77 bits per heavy atom. The molecule has 1 saturated heterocycles. The minimum absolute atomic E-state index is 0.129. The van der Waals surface area contributed by atoms with E-state index in [-0.39, 0.29) is 11.3 Å². The van der Waals surface area contributed by atoms with Crippen LogP contribution in [0.4, 0.5) is 0 Å². The Morgan fingerprint density at radius 3 is 2.35 bits per heavy atom. The molecule has 1 aliphatic rings. The largest absolute Gasteiger partial charge is 0.507 e. The van der Waals surface area contributed by atoms with Gasteiger partial charge >= 0.3 is 0 Å². The molecule has 1 N–H and O–H groups in total. The lowest BCUT2D eigenvalue weighted by Gasteiger charge is -2.28. The predicted molar refractivity (Wildman–Crippen MR) is 121 cm³/mol. The van der Waals surface area contributed by atoms with Gasteiger partial charge in [0, 0.05) is 18.7 Å². The van der Waals surface area contributed by atoms with Crippen molar-refractivity contribution in [3.63, 3.8) is 0 Å². The molecule has 0 radical (unpaired) electrons. The molecular formula is C25H30N2O4. The second-order valence-electron chi connectivity index (χ2n) is 7.61. The van der Waals surface area contributed by atoms with Crippen molar-refractivity contribution < 1.29 is 19.4 Å². The number of hydrogen-bond donors (Lipinski definition) is 1. The average Bonchev–Trinajstić information content (AvgIpc) is 3.04. The number of amides is 1. The minimum Gasteiger partial charge on any atom is -0.507 e. The molecule has 164 valence electrons. The standard InChI is InChI=1S/C25H30N2O4/c1-5-26(6-2)14-15-27-22(18-10-8-7-9-11-18)21(24(29)25(27)30)23(28)20-13-12-19(31-4)16-17(20)3/h7-13,16,22,28H,5-6,14-15H2,1-4H3/b23-21+/t22-/m1/s1. The molecule has 2 aromatic rings. The summed E-state index contributed by atoms with van der Waals surface area (Å²) in [5.74, 6) is -0.721. The summed E-state index contributed by atoms with van der Waals surface area (Å²) in [4.78, 5) is 29.9. The monoisotopic (exact) mass is 422 g/mol. The summed E-state index contributed by atoms with van der Waals surface area (Å²) in [6.07, 6.45) is 0. The minimum atomic E-state index is -0.652. The number of ether oxygens (including phenoxy) is 1. The first-order valence-corrected chi connectivity index (χ1v) is 10.6.